The Kier molecular flexibility index (Phi) is 4.68. The lowest BCUT2D eigenvalue weighted by Gasteiger charge is -2.09. The van der Waals surface area contributed by atoms with Crippen LogP contribution in [0.15, 0.2) is 47.4 Å². The summed E-state index contributed by atoms with van der Waals surface area (Å²) in [6.45, 7) is 0.0308. The van der Waals surface area contributed by atoms with Crippen LogP contribution in [0, 0.1) is 0 Å². The first-order chi connectivity index (χ1) is 10.7. The molecule has 0 aliphatic heterocycles. The molecule has 0 bridgehead atoms. The minimum Gasteiger partial charge on any atom is -0.484 e. The fourth-order valence-electron chi connectivity index (χ4n) is 2.66. The highest BCUT2D eigenvalue weighted by atomic mass is 32.2. The molecule has 1 N–H and O–H groups in total. The third kappa shape index (κ3) is 3.63. The summed E-state index contributed by atoms with van der Waals surface area (Å²) in [5.41, 5.74) is 3.55. The number of hydrogen-bond acceptors (Lipinski definition) is 3. The summed E-state index contributed by atoms with van der Waals surface area (Å²) < 4.78 is 5.59. The van der Waals surface area contributed by atoms with Crippen LogP contribution in [0.1, 0.15) is 17.5 Å². The standard InChI is InChI=1S/C18H19NO2S/c1-22-17-9-6-15(7-10-17)19-18(20)12-21-16-8-5-13-3-2-4-14(13)11-16/h5-11H,2-4,12H2,1H3,(H,19,20). The van der Waals surface area contributed by atoms with E-state index in [0.717, 1.165) is 24.3 Å². The first-order valence-corrected chi connectivity index (χ1v) is 8.65. The van der Waals surface area contributed by atoms with Gasteiger partial charge in [-0.3, -0.25) is 4.79 Å². The number of benzene rings is 2. The molecule has 3 nitrogen and oxygen atoms in total. The molecule has 2 aromatic carbocycles. The molecule has 2 aromatic rings. The maximum absolute atomic E-state index is 11.9. The van der Waals surface area contributed by atoms with Crippen molar-refractivity contribution in [2.24, 2.45) is 0 Å². The zero-order valence-corrected chi connectivity index (χ0v) is 13.4. The van der Waals surface area contributed by atoms with E-state index in [-0.39, 0.29) is 12.5 Å². The summed E-state index contributed by atoms with van der Waals surface area (Å²) in [5, 5.41) is 2.84. The minimum atomic E-state index is -0.141. The van der Waals surface area contributed by atoms with Gasteiger partial charge in [0.15, 0.2) is 6.61 Å². The van der Waals surface area contributed by atoms with Crippen molar-refractivity contribution in [2.75, 3.05) is 18.2 Å². The van der Waals surface area contributed by atoms with Crippen LogP contribution in [0.2, 0.25) is 0 Å². The molecule has 0 radical (unpaired) electrons. The maximum Gasteiger partial charge on any atom is 0.262 e. The van der Waals surface area contributed by atoms with Gasteiger partial charge in [-0.2, -0.15) is 0 Å². The average Bonchev–Trinajstić information content (AvgIpc) is 3.01. The van der Waals surface area contributed by atoms with E-state index < -0.39 is 0 Å². The maximum atomic E-state index is 11.9. The number of aryl methyl sites for hydroxylation is 2. The molecule has 22 heavy (non-hydrogen) atoms. The number of carbonyl (C=O) groups is 1. The number of carbonyl (C=O) groups excluding carboxylic acids is 1. The largest absolute Gasteiger partial charge is 0.484 e. The van der Waals surface area contributed by atoms with Gasteiger partial charge in [-0.25, -0.2) is 0 Å². The van der Waals surface area contributed by atoms with E-state index in [4.69, 9.17) is 4.74 Å². The summed E-state index contributed by atoms with van der Waals surface area (Å²) in [6, 6.07) is 13.9. The van der Waals surface area contributed by atoms with Crippen molar-refractivity contribution < 1.29 is 9.53 Å². The molecule has 0 fully saturated rings. The van der Waals surface area contributed by atoms with E-state index in [9.17, 15) is 4.79 Å². The van der Waals surface area contributed by atoms with Crippen LogP contribution < -0.4 is 10.1 Å². The van der Waals surface area contributed by atoms with Gasteiger partial charge in [0, 0.05) is 10.6 Å². The molecule has 1 aliphatic rings. The Bertz CT molecular complexity index is 667. The van der Waals surface area contributed by atoms with Crippen molar-refractivity contribution in [3.8, 4) is 5.75 Å². The van der Waals surface area contributed by atoms with Gasteiger partial charge in [0.05, 0.1) is 0 Å². The van der Waals surface area contributed by atoms with Gasteiger partial charge < -0.3 is 10.1 Å². The van der Waals surface area contributed by atoms with Crippen molar-refractivity contribution >= 4 is 23.4 Å². The van der Waals surface area contributed by atoms with E-state index in [1.807, 2.05) is 36.6 Å². The lowest BCUT2D eigenvalue weighted by atomic mass is 10.1. The van der Waals surface area contributed by atoms with Crippen molar-refractivity contribution in [2.45, 2.75) is 24.2 Å². The van der Waals surface area contributed by atoms with Gasteiger partial charge in [-0.05, 0) is 73.0 Å². The number of fused-ring (bicyclic) bond motifs is 1. The average molecular weight is 313 g/mol. The SMILES string of the molecule is CSc1ccc(NC(=O)COc2ccc3c(c2)CCC3)cc1. The Labute approximate surface area is 135 Å². The number of thioether (sulfide) groups is 1. The van der Waals surface area contributed by atoms with Crippen LogP contribution in [0.5, 0.6) is 5.75 Å². The number of ether oxygens (including phenoxy) is 1. The molecule has 0 saturated carbocycles. The summed E-state index contributed by atoms with van der Waals surface area (Å²) in [5.74, 6) is 0.630. The van der Waals surface area contributed by atoms with Gasteiger partial charge >= 0.3 is 0 Å². The first-order valence-electron chi connectivity index (χ1n) is 7.43. The van der Waals surface area contributed by atoms with E-state index in [0.29, 0.717) is 0 Å². The van der Waals surface area contributed by atoms with E-state index in [1.165, 1.54) is 22.4 Å². The fourth-order valence-corrected chi connectivity index (χ4v) is 3.07. The first kappa shape index (κ1) is 15.0. The smallest absolute Gasteiger partial charge is 0.262 e. The zero-order valence-electron chi connectivity index (χ0n) is 12.6. The Balaban J connectivity index is 1.53. The summed E-state index contributed by atoms with van der Waals surface area (Å²) in [7, 11) is 0. The van der Waals surface area contributed by atoms with Gasteiger partial charge in [0.1, 0.15) is 5.75 Å². The Morgan fingerprint density at radius 1 is 1.14 bits per heavy atom. The van der Waals surface area contributed by atoms with E-state index in [1.54, 1.807) is 11.8 Å². The highest BCUT2D eigenvalue weighted by molar-refractivity contribution is 7.98. The van der Waals surface area contributed by atoms with Crippen LogP contribution in [0.4, 0.5) is 5.69 Å². The molecule has 4 heteroatoms. The molecule has 0 aromatic heterocycles. The van der Waals surface area contributed by atoms with Crippen LogP contribution in [-0.2, 0) is 17.6 Å². The topological polar surface area (TPSA) is 38.3 Å². The Hall–Kier alpha value is -1.94. The number of hydrogen-bond donors (Lipinski definition) is 1. The molecule has 0 unspecified atom stereocenters. The zero-order chi connectivity index (χ0) is 15.4. The van der Waals surface area contributed by atoms with E-state index in [2.05, 4.69) is 17.4 Å². The van der Waals surface area contributed by atoms with Gasteiger partial charge in [-0.15, -0.1) is 11.8 Å². The van der Waals surface area contributed by atoms with Gasteiger partial charge in [0.2, 0.25) is 0 Å². The summed E-state index contributed by atoms with van der Waals surface area (Å²) in [6.07, 6.45) is 5.51. The second-order valence-corrected chi connectivity index (χ2v) is 6.23. The third-order valence-corrected chi connectivity index (χ3v) is 4.56. The quantitative estimate of drug-likeness (QED) is 0.850. The molecule has 0 heterocycles. The van der Waals surface area contributed by atoms with Crippen molar-refractivity contribution in [3.05, 3.63) is 53.6 Å². The molecule has 1 amide bonds. The van der Waals surface area contributed by atoms with Crippen molar-refractivity contribution in [3.63, 3.8) is 0 Å². The summed E-state index contributed by atoms with van der Waals surface area (Å²) >= 11 is 1.68. The van der Waals surface area contributed by atoms with Crippen molar-refractivity contribution in [1.29, 1.82) is 0 Å². The Morgan fingerprint density at radius 3 is 2.68 bits per heavy atom. The van der Waals surface area contributed by atoms with Crippen LogP contribution >= 0.6 is 11.8 Å². The number of rotatable bonds is 5. The van der Waals surface area contributed by atoms with Crippen LogP contribution in [-0.4, -0.2) is 18.8 Å². The molecule has 3 rings (SSSR count). The molecule has 114 valence electrons. The van der Waals surface area contributed by atoms with E-state index >= 15 is 0 Å². The highest BCUT2D eigenvalue weighted by Gasteiger charge is 2.12. The van der Waals surface area contributed by atoms with Gasteiger partial charge in [-0.1, -0.05) is 6.07 Å². The highest BCUT2D eigenvalue weighted by Crippen LogP contribution is 2.26. The lowest BCUT2D eigenvalue weighted by molar-refractivity contribution is -0.118. The second kappa shape index (κ2) is 6.88. The molecule has 1 aliphatic carbocycles. The lowest BCUT2D eigenvalue weighted by Crippen LogP contribution is -2.20. The van der Waals surface area contributed by atoms with Crippen molar-refractivity contribution in [1.82, 2.24) is 0 Å². The predicted octanol–water partition coefficient (Wildman–Crippen LogP) is 3.91. The monoisotopic (exact) mass is 313 g/mol. The van der Waals surface area contributed by atoms with Gasteiger partial charge in [0.25, 0.3) is 5.91 Å². The molecule has 0 saturated heterocycles. The van der Waals surface area contributed by atoms with Crippen LogP contribution in [0.25, 0.3) is 0 Å². The Morgan fingerprint density at radius 2 is 1.91 bits per heavy atom. The molecule has 0 spiro atoms. The minimum absolute atomic E-state index is 0.0308. The molecule has 0 atom stereocenters. The number of nitrogens with one attached hydrogen (secondary N) is 1. The fraction of sp³-hybridized carbons (Fsp3) is 0.278. The normalized spacial score (nSPS) is 12.8. The third-order valence-electron chi connectivity index (χ3n) is 3.81. The number of anilines is 1. The van der Waals surface area contributed by atoms with Crippen LogP contribution in [0.3, 0.4) is 0 Å². The predicted molar refractivity (Wildman–Crippen MR) is 90.8 cm³/mol. The molecular formula is C18H19NO2S. The second-order valence-electron chi connectivity index (χ2n) is 5.35. The molecular weight excluding hydrogens is 294 g/mol. The number of amides is 1. The summed E-state index contributed by atoms with van der Waals surface area (Å²) in [4.78, 5) is 13.1.